The van der Waals surface area contributed by atoms with Crippen LogP contribution in [-0.2, 0) is 0 Å². The van der Waals surface area contributed by atoms with Crippen molar-refractivity contribution in [3.8, 4) is 0 Å². The molecule has 2 aliphatic heterocycles. The van der Waals surface area contributed by atoms with E-state index in [1.165, 1.54) is 6.34 Å². The van der Waals surface area contributed by atoms with Gasteiger partial charge in [-0.3, -0.25) is 0 Å². The van der Waals surface area contributed by atoms with Gasteiger partial charge in [-0.1, -0.05) is 18.5 Å². The predicted octanol–water partition coefficient (Wildman–Crippen LogP) is 1.97. The summed E-state index contributed by atoms with van der Waals surface area (Å²) in [6.07, 6.45) is 5.44. The number of rotatable bonds is 0. The van der Waals surface area contributed by atoms with Crippen LogP contribution in [-0.4, -0.2) is 24.1 Å². The molecule has 68 valence electrons. The lowest BCUT2D eigenvalue weighted by molar-refractivity contribution is 0.621. The molecule has 1 unspecified atom stereocenters. The van der Waals surface area contributed by atoms with E-state index in [2.05, 4.69) is 16.9 Å². The van der Waals surface area contributed by atoms with Crippen LogP contribution in [0.2, 0.25) is 0 Å². The standard InChI is InChI=1S/C9H10ClN3/c1-6-7-3-4-13(2)9(6)12-5-11-8(7)10/h3-6H,1-2H3. The average Bonchev–Trinajstić information content (AvgIpc) is 2.17. The van der Waals surface area contributed by atoms with Crippen molar-refractivity contribution < 1.29 is 0 Å². The molecule has 4 heteroatoms. The van der Waals surface area contributed by atoms with Crippen LogP contribution in [0.1, 0.15) is 6.92 Å². The number of nitrogens with zero attached hydrogens (tertiary/aromatic N) is 3. The SMILES string of the molecule is CC1C2=NC=NC(Cl)=C1C=CN2C. The molecule has 2 heterocycles. The van der Waals surface area contributed by atoms with Crippen molar-refractivity contribution in [1.29, 1.82) is 0 Å². The highest BCUT2D eigenvalue weighted by atomic mass is 35.5. The van der Waals surface area contributed by atoms with Crippen LogP contribution in [0.5, 0.6) is 0 Å². The van der Waals surface area contributed by atoms with E-state index < -0.39 is 0 Å². The Morgan fingerprint density at radius 3 is 3.08 bits per heavy atom. The largest absolute Gasteiger partial charge is 0.339 e. The van der Waals surface area contributed by atoms with Crippen LogP contribution in [0.3, 0.4) is 0 Å². The number of allylic oxidation sites excluding steroid dienone is 1. The van der Waals surface area contributed by atoms with E-state index in [1.807, 2.05) is 24.2 Å². The van der Waals surface area contributed by atoms with Crippen molar-refractivity contribution in [2.24, 2.45) is 15.9 Å². The first kappa shape index (κ1) is 8.51. The van der Waals surface area contributed by atoms with E-state index in [1.54, 1.807) is 0 Å². The second-order valence-electron chi connectivity index (χ2n) is 3.13. The van der Waals surface area contributed by atoms with Gasteiger partial charge in [0.1, 0.15) is 17.3 Å². The quantitative estimate of drug-likeness (QED) is 0.544. The van der Waals surface area contributed by atoms with E-state index in [0.717, 1.165) is 11.4 Å². The zero-order chi connectivity index (χ0) is 9.42. The summed E-state index contributed by atoms with van der Waals surface area (Å²) in [5, 5.41) is 0.538. The number of hydrogen-bond donors (Lipinski definition) is 0. The predicted molar refractivity (Wildman–Crippen MR) is 54.9 cm³/mol. The Morgan fingerprint density at radius 1 is 1.54 bits per heavy atom. The topological polar surface area (TPSA) is 28.0 Å². The molecule has 0 aliphatic carbocycles. The van der Waals surface area contributed by atoms with E-state index in [-0.39, 0.29) is 5.92 Å². The van der Waals surface area contributed by atoms with Gasteiger partial charge in [0.15, 0.2) is 0 Å². The second kappa shape index (κ2) is 3.00. The van der Waals surface area contributed by atoms with Crippen LogP contribution >= 0.6 is 11.6 Å². The third-order valence-corrected chi connectivity index (χ3v) is 2.61. The maximum absolute atomic E-state index is 5.97. The molecular weight excluding hydrogens is 186 g/mol. The first-order valence-electron chi connectivity index (χ1n) is 4.11. The highest BCUT2D eigenvalue weighted by molar-refractivity contribution is 6.30. The fourth-order valence-electron chi connectivity index (χ4n) is 1.52. The number of hydrogen-bond acceptors (Lipinski definition) is 3. The summed E-state index contributed by atoms with van der Waals surface area (Å²) in [6.45, 7) is 2.07. The van der Waals surface area contributed by atoms with Gasteiger partial charge in [-0.05, 0) is 6.08 Å². The molecule has 0 aromatic carbocycles. The fraction of sp³-hybridized carbons (Fsp3) is 0.333. The Balaban J connectivity index is 2.58. The first-order valence-corrected chi connectivity index (χ1v) is 4.49. The van der Waals surface area contributed by atoms with Gasteiger partial charge in [0.2, 0.25) is 0 Å². The number of aliphatic imine (C=N–C) groups is 2. The molecule has 0 aromatic heterocycles. The molecule has 0 fully saturated rings. The van der Waals surface area contributed by atoms with Crippen molar-refractivity contribution in [3.05, 3.63) is 23.0 Å². The van der Waals surface area contributed by atoms with Gasteiger partial charge in [-0.15, -0.1) is 0 Å². The monoisotopic (exact) mass is 195 g/mol. The highest BCUT2D eigenvalue weighted by Gasteiger charge is 2.24. The lowest BCUT2D eigenvalue weighted by Gasteiger charge is -2.26. The van der Waals surface area contributed by atoms with E-state index >= 15 is 0 Å². The number of halogens is 1. The molecule has 2 aliphatic rings. The van der Waals surface area contributed by atoms with Gasteiger partial charge in [0.25, 0.3) is 0 Å². The maximum Gasteiger partial charge on any atom is 0.134 e. The zero-order valence-corrected chi connectivity index (χ0v) is 8.28. The van der Waals surface area contributed by atoms with Gasteiger partial charge >= 0.3 is 0 Å². The normalized spacial score (nSPS) is 26.2. The average molecular weight is 196 g/mol. The maximum atomic E-state index is 5.97. The van der Waals surface area contributed by atoms with E-state index in [9.17, 15) is 0 Å². The highest BCUT2D eigenvalue weighted by Crippen LogP contribution is 2.28. The van der Waals surface area contributed by atoms with E-state index in [4.69, 9.17) is 11.6 Å². The molecule has 0 N–H and O–H groups in total. The van der Waals surface area contributed by atoms with Gasteiger partial charge in [0, 0.05) is 24.7 Å². The molecule has 3 nitrogen and oxygen atoms in total. The smallest absolute Gasteiger partial charge is 0.134 e. The Hall–Kier alpha value is -1.09. The summed E-state index contributed by atoms with van der Waals surface area (Å²) in [4.78, 5) is 10.2. The van der Waals surface area contributed by atoms with Gasteiger partial charge < -0.3 is 4.90 Å². The molecular formula is C9H10ClN3. The van der Waals surface area contributed by atoms with Crippen LogP contribution < -0.4 is 0 Å². The number of amidine groups is 1. The molecule has 0 saturated heterocycles. The molecule has 2 rings (SSSR count). The van der Waals surface area contributed by atoms with Gasteiger partial charge in [0.05, 0.1) is 0 Å². The molecule has 13 heavy (non-hydrogen) atoms. The van der Waals surface area contributed by atoms with Crippen LogP contribution in [0.4, 0.5) is 0 Å². The van der Waals surface area contributed by atoms with Crippen molar-refractivity contribution in [2.75, 3.05) is 7.05 Å². The minimum atomic E-state index is 0.227. The summed E-state index contributed by atoms with van der Waals surface area (Å²) in [5.41, 5.74) is 1.03. The molecule has 1 atom stereocenters. The molecule has 0 saturated carbocycles. The Morgan fingerprint density at radius 2 is 2.31 bits per heavy atom. The molecule has 2 bridgehead atoms. The molecule has 0 amide bonds. The summed E-state index contributed by atoms with van der Waals surface area (Å²) in [5.74, 6) is 1.21. The summed E-state index contributed by atoms with van der Waals surface area (Å²) in [6, 6.07) is 0. The van der Waals surface area contributed by atoms with Crippen molar-refractivity contribution in [2.45, 2.75) is 6.92 Å². The first-order chi connectivity index (χ1) is 6.20. The molecule has 0 radical (unpaired) electrons. The van der Waals surface area contributed by atoms with Gasteiger partial charge in [-0.25, -0.2) is 9.98 Å². The van der Waals surface area contributed by atoms with E-state index in [0.29, 0.717) is 5.16 Å². The third-order valence-electron chi connectivity index (χ3n) is 2.29. The lowest BCUT2D eigenvalue weighted by atomic mass is 9.97. The summed E-state index contributed by atoms with van der Waals surface area (Å²) < 4.78 is 0. The zero-order valence-electron chi connectivity index (χ0n) is 7.53. The molecule has 0 aromatic rings. The third kappa shape index (κ3) is 1.29. The molecule has 0 spiro atoms. The van der Waals surface area contributed by atoms with Crippen molar-refractivity contribution >= 4 is 23.8 Å². The van der Waals surface area contributed by atoms with Crippen molar-refractivity contribution in [1.82, 2.24) is 4.90 Å². The minimum Gasteiger partial charge on any atom is -0.339 e. The van der Waals surface area contributed by atoms with Crippen LogP contribution in [0, 0.1) is 5.92 Å². The van der Waals surface area contributed by atoms with Crippen LogP contribution in [0.15, 0.2) is 33.0 Å². The minimum absolute atomic E-state index is 0.227. The Kier molecular flexibility index (Phi) is 1.96. The van der Waals surface area contributed by atoms with Crippen LogP contribution in [0.25, 0.3) is 0 Å². The second-order valence-corrected chi connectivity index (χ2v) is 3.48. The van der Waals surface area contributed by atoms with Crippen molar-refractivity contribution in [3.63, 3.8) is 0 Å². The summed E-state index contributed by atoms with van der Waals surface area (Å²) >= 11 is 5.97. The Labute approximate surface area is 82.1 Å². The van der Waals surface area contributed by atoms with Gasteiger partial charge in [-0.2, -0.15) is 0 Å². The number of fused-ring (bicyclic) bond motifs is 2. The fourth-order valence-corrected chi connectivity index (χ4v) is 1.79. The summed E-state index contributed by atoms with van der Waals surface area (Å²) in [7, 11) is 1.97. The lowest BCUT2D eigenvalue weighted by Crippen LogP contribution is -2.31. The Bertz CT molecular complexity index is 352.